The molecule has 1 atom stereocenters. The molecule has 0 saturated carbocycles. The van der Waals surface area contributed by atoms with Crippen LogP contribution in [0.5, 0.6) is 0 Å². The molecule has 0 amide bonds. The Morgan fingerprint density at radius 1 is 1.64 bits per heavy atom. The first-order valence-electron chi connectivity index (χ1n) is 4.23. The molecule has 0 spiro atoms. The summed E-state index contributed by atoms with van der Waals surface area (Å²) in [7, 11) is 0. The van der Waals surface area contributed by atoms with Crippen LogP contribution in [0, 0.1) is 0 Å². The van der Waals surface area contributed by atoms with Gasteiger partial charge in [-0.25, -0.2) is 4.79 Å². The summed E-state index contributed by atoms with van der Waals surface area (Å²) < 4.78 is 2.55. The molecule has 1 aromatic heterocycles. The Hall–Kier alpha value is -1.17. The fourth-order valence-corrected chi connectivity index (χ4v) is 1.29. The van der Waals surface area contributed by atoms with Gasteiger partial charge in [-0.1, -0.05) is 6.92 Å². The monoisotopic (exact) mass is 216 g/mol. The third-order valence-corrected chi connectivity index (χ3v) is 2.48. The number of carbonyl (C=O) groups is 1. The van der Waals surface area contributed by atoms with E-state index in [4.69, 9.17) is 5.11 Å². The Labute approximate surface area is 86.4 Å². The van der Waals surface area contributed by atoms with Crippen molar-refractivity contribution in [2.24, 2.45) is 0 Å². The molecule has 0 aromatic carbocycles. The summed E-state index contributed by atoms with van der Waals surface area (Å²) in [4.78, 5) is 21.9. The lowest BCUT2D eigenvalue weighted by Gasteiger charge is -2.07. The number of thiol groups is 1. The number of imidazole rings is 1. The van der Waals surface area contributed by atoms with Crippen LogP contribution in [0.3, 0.4) is 0 Å². The molecule has 1 unspecified atom stereocenters. The summed E-state index contributed by atoms with van der Waals surface area (Å²) >= 11 is 4.20. The van der Waals surface area contributed by atoms with Crippen molar-refractivity contribution in [3.05, 3.63) is 22.9 Å². The molecule has 1 rings (SSSR count). The van der Waals surface area contributed by atoms with E-state index in [2.05, 4.69) is 12.6 Å². The molecule has 0 bridgehead atoms. The second kappa shape index (κ2) is 4.36. The van der Waals surface area contributed by atoms with E-state index in [1.54, 1.807) is 6.20 Å². The molecule has 1 heterocycles. The number of carboxylic acids is 1. The molecule has 0 aliphatic heterocycles. The van der Waals surface area contributed by atoms with E-state index in [0.29, 0.717) is 6.42 Å². The van der Waals surface area contributed by atoms with Crippen molar-refractivity contribution < 1.29 is 9.90 Å². The van der Waals surface area contributed by atoms with Crippen LogP contribution < -0.4 is 5.69 Å². The van der Waals surface area contributed by atoms with E-state index in [9.17, 15) is 9.59 Å². The Bertz CT molecular complexity index is 382. The van der Waals surface area contributed by atoms with Crippen molar-refractivity contribution >= 4 is 18.6 Å². The molecule has 0 saturated heterocycles. The SMILES string of the molecule is CCC(S)n1ccn(CC(=O)O)c1=O. The Kier molecular flexibility index (Phi) is 3.40. The van der Waals surface area contributed by atoms with Gasteiger partial charge in [0.2, 0.25) is 0 Å². The molecule has 0 aliphatic rings. The predicted molar refractivity (Wildman–Crippen MR) is 54.6 cm³/mol. The Balaban J connectivity index is 2.97. The van der Waals surface area contributed by atoms with E-state index in [1.165, 1.54) is 10.8 Å². The van der Waals surface area contributed by atoms with E-state index in [1.807, 2.05) is 6.92 Å². The minimum absolute atomic E-state index is 0.197. The smallest absolute Gasteiger partial charge is 0.329 e. The van der Waals surface area contributed by atoms with Gasteiger partial charge in [0, 0.05) is 12.4 Å². The summed E-state index contributed by atoms with van der Waals surface area (Å²) in [5, 5.41) is 8.31. The number of hydrogen-bond donors (Lipinski definition) is 2. The molecular formula is C8H12N2O3S. The van der Waals surface area contributed by atoms with Gasteiger partial charge in [-0.15, -0.1) is 0 Å². The fraction of sp³-hybridized carbons (Fsp3) is 0.500. The van der Waals surface area contributed by atoms with Crippen LogP contribution in [0.4, 0.5) is 0 Å². The van der Waals surface area contributed by atoms with Gasteiger partial charge in [0.25, 0.3) is 0 Å². The zero-order valence-electron chi connectivity index (χ0n) is 7.75. The number of aromatic nitrogens is 2. The largest absolute Gasteiger partial charge is 0.480 e. The summed E-state index contributed by atoms with van der Waals surface area (Å²) in [6.07, 6.45) is 3.71. The topological polar surface area (TPSA) is 64.2 Å². The summed E-state index contributed by atoms with van der Waals surface area (Å²) in [6.45, 7) is 1.59. The molecule has 78 valence electrons. The lowest BCUT2D eigenvalue weighted by molar-refractivity contribution is -0.137. The van der Waals surface area contributed by atoms with Crippen molar-refractivity contribution in [3.8, 4) is 0 Å². The van der Waals surface area contributed by atoms with Crippen molar-refractivity contribution in [3.63, 3.8) is 0 Å². The van der Waals surface area contributed by atoms with Gasteiger partial charge in [0.15, 0.2) is 0 Å². The number of rotatable bonds is 4. The molecule has 0 aliphatic carbocycles. The normalized spacial score (nSPS) is 12.7. The molecule has 0 radical (unpaired) electrons. The second-order valence-electron chi connectivity index (χ2n) is 2.90. The number of hydrogen-bond acceptors (Lipinski definition) is 3. The third-order valence-electron chi connectivity index (χ3n) is 1.87. The number of aliphatic carboxylic acids is 1. The van der Waals surface area contributed by atoms with Gasteiger partial charge in [0.05, 0.1) is 5.37 Å². The van der Waals surface area contributed by atoms with Gasteiger partial charge in [-0.2, -0.15) is 12.6 Å². The maximum absolute atomic E-state index is 11.5. The molecular weight excluding hydrogens is 204 g/mol. The lowest BCUT2D eigenvalue weighted by Crippen LogP contribution is -2.27. The van der Waals surface area contributed by atoms with Crippen LogP contribution in [0.1, 0.15) is 18.7 Å². The highest BCUT2D eigenvalue weighted by molar-refractivity contribution is 7.80. The average molecular weight is 216 g/mol. The van der Waals surface area contributed by atoms with E-state index in [0.717, 1.165) is 4.57 Å². The Morgan fingerprint density at radius 3 is 2.79 bits per heavy atom. The molecule has 14 heavy (non-hydrogen) atoms. The maximum Gasteiger partial charge on any atom is 0.329 e. The average Bonchev–Trinajstić information content (AvgIpc) is 2.46. The van der Waals surface area contributed by atoms with E-state index < -0.39 is 5.97 Å². The first-order chi connectivity index (χ1) is 6.56. The molecule has 1 N–H and O–H groups in total. The number of carboxylic acid groups (broad SMARTS) is 1. The van der Waals surface area contributed by atoms with Crippen molar-refractivity contribution in [1.82, 2.24) is 9.13 Å². The first kappa shape index (κ1) is 10.9. The second-order valence-corrected chi connectivity index (χ2v) is 3.49. The standard InChI is InChI=1S/C8H12N2O3S/c1-2-6(14)10-4-3-9(8(10)13)5-7(11)12/h3-4,6,14H,2,5H2,1H3,(H,11,12). The van der Waals surface area contributed by atoms with Gasteiger partial charge in [-0.05, 0) is 6.42 Å². The van der Waals surface area contributed by atoms with E-state index in [-0.39, 0.29) is 17.6 Å². The number of nitrogens with zero attached hydrogens (tertiary/aromatic N) is 2. The zero-order chi connectivity index (χ0) is 10.7. The van der Waals surface area contributed by atoms with Crippen LogP contribution in [0.2, 0.25) is 0 Å². The predicted octanol–water partition coefficient (Wildman–Crippen LogP) is 0.573. The lowest BCUT2D eigenvalue weighted by atomic mass is 10.5. The molecule has 1 aromatic rings. The third kappa shape index (κ3) is 2.20. The van der Waals surface area contributed by atoms with Crippen molar-refractivity contribution in [2.75, 3.05) is 0 Å². The maximum atomic E-state index is 11.5. The Morgan fingerprint density at radius 2 is 2.29 bits per heavy atom. The first-order valence-corrected chi connectivity index (χ1v) is 4.75. The van der Waals surface area contributed by atoms with Gasteiger partial charge in [-0.3, -0.25) is 13.9 Å². The zero-order valence-corrected chi connectivity index (χ0v) is 8.65. The van der Waals surface area contributed by atoms with Crippen molar-refractivity contribution in [2.45, 2.75) is 25.3 Å². The van der Waals surface area contributed by atoms with Gasteiger partial charge < -0.3 is 5.11 Å². The molecule has 5 nitrogen and oxygen atoms in total. The van der Waals surface area contributed by atoms with Gasteiger partial charge >= 0.3 is 11.7 Å². The highest BCUT2D eigenvalue weighted by Gasteiger charge is 2.10. The summed E-state index contributed by atoms with van der Waals surface area (Å²) in [5.41, 5.74) is -0.339. The van der Waals surface area contributed by atoms with Gasteiger partial charge in [0.1, 0.15) is 6.54 Å². The minimum Gasteiger partial charge on any atom is -0.480 e. The molecule has 0 fully saturated rings. The van der Waals surface area contributed by atoms with Crippen LogP contribution >= 0.6 is 12.6 Å². The summed E-state index contributed by atoms with van der Waals surface area (Å²) in [5.74, 6) is -1.03. The molecule has 6 heteroatoms. The highest BCUT2D eigenvalue weighted by Crippen LogP contribution is 2.12. The van der Waals surface area contributed by atoms with Crippen LogP contribution in [0.15, 0.2) is 17.2 Å². The quantitative estimate of drug-likeness (QED) is 0.723. The van der Waals surface area contributed by atoms with E-state index >= 15 is 0 Å². The summed E-state index contributed by atoms with van der Waals surface area (Å²) in [6, 6.07) is 0. The minimum atomic E-state index is -1.03. The highest BCUT2D eigenvalue weighted by atomic mass is 32.1. The fourth-order valence-electron chi connectivity index (χ4n) is 1.12. The van der Waals surface area contributed by atoms with Crippen LogP contribution in [-0.2, 0) is 11.3 Å². The van der Waals surface area contributed by atoms with Crippen LogP contribution in [-0.4, -0.2) is 20.2 Å². The van der Waals surface area contributed by atoms with Crippen molar-refractivity contribution in [1.29, 1.82) is 0 Å². The van der Waals surface area contributed by atoms with Crippen LogP contribution in [0.25, 0.3) is 0 Å².